The number of aliphatic hydroxyl groups is 3. The number of fused-ring (bicyclic) bond motifs is 10. The number of epoxide rings is 1. The van der Waals surface area contributed by atoms with Gasteiger partial charge in [-0.1, -0.05) is 20.8 Å². The quantitative estimate of drug-likeness (QED) is 0.207. The molecule has 51 heavy (non-hydrogen) atoms. The maximum atomic E-state index is 15.0. The van der Waals surface area contributed by atoms with Crippen LogP contribution in [-0.4, -0.2) is 98.6 Å². The summed E-state index contributed by atoms with van der Waals surface area (Å²) in [7, 11) is 0. The maximum Gasteiger partial charge on any atom is 0.343 e. The third-order valence-corrected chi connectivity index (χ3v) is 14.7. The van der Waals surface area contributed by atoms with Crippen LogP contribution in [0.4, 0.5) is 0 Å². The van der Waals surface area contributed by atoms with Crippen molar-refractivity contribution in [2.24, 2.45) is 57.7 Å². The summed E-state index contributed by atoms with van der Waals surface area (Å²) in [5, 5.41) is 37.6. The highest BCUT2D eigenvalue weighted by molar-refractivity contribution is 5.95. The maximum absolute atomic E-state index is 15.0. The van der Waals surface area contributed by atoms with Gasteiger partial charge in [-0.3, -0.25) is 19.2 Å². The molecule has 0 spiro atoms. The standard InChI is InChI=1S/C37H48O14/c1-13-10-20-34(7,36(9,45)32(44)51-20)25-22(13)33(6)24(28(25)48-16(4)40)21-23(18(29(33)42)11-14(2)38)35(8)31(49-17(5)41)26-19(50-26)12-37(35,46)30(43)27(21)47-15(3)39/h10,13,18-19,21-29,31,42,45-46H,11-12H2,1-9H3/t13-,18+,19+,21?,22?,23?,24?,25?,26+,27-,28-,29+,31+,33-,34+,35+,36-,37?/m1/s1. The first-order valence-electron chi connectivity index (χ1n) is 17.8. The van der Waals surface area contributed by atoms with Crippen LogP contribution in [-0.2, 0) is 52.5 Å². The summed E-state index contributed by atoms with van der Waals surface area (Å²) in [4.78, 5) is 80.2. The van der Waals surface area contributed by atoms with Crippen LogP contribution in [0.2, 0.25) is 0 Å². The summed E-state index contributed by atoms with van der Waals surface area (Å²) in [6.45, 7) is 13.1. The van der Waals surface area contributed by atoms with E-state index in [2.05, 4.69) is 0 Å². The number of carbonyl (C=O) groups is 6. The molecule has 14 heteroatoms. The molecule has 14 nitrogen and oxygen atoms in total. The average Bonchev–Trinajstić information content (AvgIpc) is 3.67. The van der Waals surface area contributed by atoms with Gasteiger partial charge in [-0.25, -0.2) is 4.79 Å². The van der Waals surface area contributed by atoms with Crippen LogP contribution in [0, 0.1) is 57.7 Å². The van der Waals surface area contributed by atoms with Gasteiger partial charge in [0.1, 0.15) is 35.5 Å². The lowest BCUT2D eigenvalue weighted by Crippen LogP contribution is -2.79. The number of hydrogen-bond donors (Lipinski definition) is 3. The molecule has 280 valence electrons. The molecule has 2 saturated heterocycles. The molecule has 7 rings (SSSR count). The van der Waals surface area contributed by atoms with Gasteiger partial charge < -0.3 is 43.8 Å². The zero-order valence-corrected chi connectivity index (χ0v) is 30.3. The molecule has 0 amide bonds. The summed E-state index contributed by atoms with van der Waals surface area (Å²) >= 11 is 0. The normalized spacial score (nSPS) is 53.1. The van der Waals surface area contributed by atoms with E-state index in [4.69, 9.17) is 23.7 Å². The fourth-order valence-corrected chi connectivity index (χ4v) is 12.7. The van der Waals surface area contributed by atoms with Crippen LogP contribution >= 0.6 is 0 Å². The average molecular weight is 717 g/mol. The Labute approximate surface area is 295 Å². The Bertz CT molecular complexity index is 1670. The van der Waals surface area contributed by atoms with Gasteiger partial charge in [-0.05, 0) is 50.5 Å². The van der Waals surface area contributed by atoms with Crippen molar-refractivity contribution < 1.29 is 67.8 Å². The molecule has 6 fully saturated rings. The van der Waals surface area contributed by atoms with Gasteiger partial charge >= 0.3 is 23.9 Å². The van der Waals surface area contributed by atoms with E-state index in [1.165, 1.54) is 27.7 Å². The number of hydrogen-bond acceptors (Lipinski definition) is 14. The van der Waals surface area contributed by atoms with Crippen LogP contribution in [0.3, 0.4) is 0 Å². The monoisotopic (exact) mass is 716 g/mol. The predicted octanol–water partition coefficient (Wildman–Crippen LogP) is 1.19. The van der Waals surface area contributed by atoms with Crippen molar-refractivity contribution in [1.82, 2.24) is 0 Å². The summed E-state index contributed by atoms with van der Waals surface area (Å²) in [6, 6.07) is 0. The molecule has 4 saturated carbocycles. The van der Waals surface area contributed by atoms with Gasteiger partial charge in [0.2, 0.25) is 5.78 Å². The summed E-state index contributed by atoms with van der Waals surface area (Å²) in [5.74, 6) is -10.3. The van der Waals surface area contributed by atoms with Crippen molar-refractivity contribution in [2.45, 2.75) is 123 Å². The highest BCUT2D eigenvalue weighted by Crippen LogP contribution is 2.77. The lowest BCUT2D eigenvalue weighted by atomic mass is 9.38. The second kappa shape index (κ2) is 10.9. The van der Waals surface area contributed by atoms with E-state index in [0.717, 1.165) is 6.92 Å². The lowest BCUT2D eigenvalue weighted by Gasteiger charge is -2.67. The minimum atomic E-state index is -2.31. The van der Waals surface area contributed by atoms with E-state index in [1.54, 1.807) is 26.8 Å². The molecule has 3 N–H and O–H groups in total. The van der Waals surface area contributed by atoms with Gasteiger partial charge in [-0.2, -0.15) is 0 Å². The summed E-state index contributed by atoms with van der Waals surface area (Å²) < 4.78 is 29.6. The molecule has 18 atom stereocenters. The number of ether oxygens (including phenoxy) is 5. The zero-order chi connectivity index (χ0) is 37.7. The molecule has 0 radical (unpaired) electrons. The molecular weight excluding hydrogens is 668 g/mol. The Morgan fingerprint density at radius 3 is 2.06 bits per heavy atom. The molecular formula is C37H48O14. The van der Waals surface area contributed by atoms with Crippen molar-refractivity contribution >= 4 is 35.4 Å². The van der Waals surface area contributed by atoms with Crippen LogP contribution in [0.5, 0.6) is 0 Å². The van der Waals surface area contributed by atoms with E-state index in [1.807, 2.05) is 6.92 Å². The Balaban J connectivity index is 1.55. The van der Waals surface area contributed by atoms with Gasteiger partial charge in [0.25, 0.3) is 0 Å². The highest BCUT2D eigenvalue weighted by Gasteiger charge is 2.85. The van der Waals surface area contributed by atoms with E-state index < -0.39 is 135 Å². The lowest BCUT2D eigenvalue weighted by molar-refractivity contribution is -0.283. The Morgan fingerprint density at radius 2 is 1.49 bits per heavy atom. The van der Waals surface area contributed by atoms with Gasteiger partial charge in [0, 0.05) is 62.2 Å². The number of aliphatic hydroxyl groups excluding tert-OH is 1. The molecule has 6 unspecified atom stereocenters. The minimum Gasteiger partial charge on any atom is -0.462 e. The molecule has 0 aromatic rings. The zero-order valence-electron chi connectivity index (χ0n) is 30.3. The van der Waals surface area contributed by atoms with E-state index in [0.29, 0.717) is 0 Å². The third kappa shape index (κ3) is 4.30. The Kier molecular flexibility index (Phi) is 7.75. The smallest absolute Gasteiger partial charge is 0.343 e. The van der Waals surface area contributed by atoms with Gasteiger partial charge in [0.15, 0.2) is 11.7 Å². The minimum absolute atomic E-state index is 0.189. The fourth-order valence-electron chi connectivity index (χ4n) is 12.7. The number of esters is 4. The van der Waals surface area contributed by atoms with Crippen molar-refractivity contribution in [1.29, 1.82) is 0 Å². The molecule has 0 bridgehead atoms. The van der Waals surface area contributed by atoms with E-state index in [9.17, 15) is 44.1 Å². The van der Waals surface area contributed by atoms with Crippen LogP contribution in [0.15, 0.2) is 11.8 Å². The molecule has 2 heterocycles. The summed E-state index contributed by atoms with van der Waals surface area (Å²) in [6.07, 6.45) is -5.49. The highest BCUT2D eigenvalue weighted by atomic mass is 16.6. The first kappa shape index (κ1) is 36.2. The number of allylic oxidation sites excluding steroid dienone is 1. The summed E-state index contributed by atoms with van der Waals surface area (Å²) in [5.41, 5.74) is -8.94. The molecule has 0 aromatic heterocycles. The van der Waals surface area contributed by atoms with Crippen molar-refractivity contribution in [2.75, 3.05) is 0 Å². The van der Waals surface area contributed by atoms with Crippen molar-refractivity contribution in [3.05, 3.63) is 11.8 Å². The van der Waals surface area contributed by atoms with Crippen molar-refractivity contribution in [3.63, 3.8) is 0 Å². The van der Waals surface area contributed by atoms with Crippen molar-refractivity contribution in [3.8, 4) is 0 Å². The van der Waals surface area contributed by atoms with Crippen LogP contribution in [0.25, 0.3) is 0 Å². The van der Waals surface area contributed by atoms with Crippen LogP contribution < -0.4 is 0 Å². The Morgan fingerprint density at radius 1 is 0.882 bits per heavy atom. The van der Waals surface area contributed by atoms with E-state index in [-0.39, 0.29) is 24.4 Å². The number of rotatable bonds is 5. The third-order valence-electron chi connectivity index (χ3n) is 14.7. The first-order chi connectivity index (χ1) is 23.5. The van der Waals surface area contributed by atoms with Crippen LogP contribution in [0.1, 0.15) is 75.2 Å². The molecule has 2 aliphatic heterocycles. The number of ketones is 2. The predicted molar refractivity (Wildman–Crippen MR) is 170 cm³/mol. The second-order valence-electron chi connectivity index (χ2n) is 17.1. The Hall–Kier alpha value is -3.20. The van der Waals surface area contributed by atoms with Gasteiger partial charge in [-0.15, -0.1) is 0 Å². The SMILES string of the molecule is CC(=O)C[C@H]1C2C(C3[C@@H](OC(C)=O)C4C([C@H](C)C=C5OC(=O)[C@@](C)(O)[C@@]54C)[C@@]3(C)[C@H]1O)[C@@H](OC(C)=O)C(=O)C1(O)C[C@@H]3O[C@@H]3[C@H](OC(C)=O)[C@]21C. The van der Waals surface area contributed by atoms with Gasteiger partial charge in [0.05, 0.1) is 17.6 Å². The molecule has 7 aliphatic rings. The molecule has 5 aliphatic carbocycles. The fraction of sp³-hybridized carbons (Fsp3) is 0.784. The molecule has 0 aromatic carbocycles. The largest absolute Gasteiger partial charge is 0.462 e. The first-order valence-corrected chi connectivity index (χ1v) is 17.8. The topological polar surface area (TPSA) is 213 Å². The van der Waals surface area contributed by atoms with E-state index >= 15 is 0 Å². The number of Topliss-reactive ketones (excluding diaryl/α,β-unsaturated/α-hetero) is 2. The second-order valence-corrected chi connectivity index (χ2v) is 17.1. The number of carbonyl (C=O) groups excluding carboxylic acids is 6.